The molecule has 0 heterocycles. The zero-order chi connectivity index (χ0) is 9.90. The Morgan fingerprint density at radius 1 is 1.14 bits per heavy atom. The van der Waals surface area contributed by atoms with Crippen LogP contribution in [0.1, 0.15) is 0 Å². The van der Waals surface area contributed by atoms with Crippen molar-refractivity contribution in [3.05, 3.63) is 24.3 Å². The topological polar surface area (TPSA) is 38.0 Å². The van der Waals surface area contributed by atoms with Crippen LogP contribution >= 0.6 is 24.2 Å². The minimum atomic E-state index is -4.24. The van der Waals surface area contributed by atoms with Gasteiger partial charge in [0, 0.05) is 10.6 Å². The number of nitrogens with one attached hydrogen (secondary N) is 1. The van der Waals surface area contributed by atoms with E-state index in [0.717, 1.165) is 0 Å². The van der Waals surface area contributed by atoms with Gasteiger partial charge in [-0.05, 0) is 36.0 Å². The molecule has 0 saturated heterocycles. The lowest BCUT2D eigenvalue weighted by atomic mass is 10.3. The highest BCUT2D eigenvalue weighted by Crippen LogP contribution is 2.36. The number of thioether (sulfide) groups is 1. The molecule has 0 aliphatic rings. The SMILES string of the molecule is Cl.NNc1ccc(SC(F)(F)F)cc1. The van der Waals surface area contributed by atoms with Gasteiger partial charge in [-0.1, -0.05) is 0 Å². The van der Waals surface area contributed by atoms with E-state index in [1.807, 2.05) is 0 Å². The van der Waals surface area contributed by atoms with E-state index in [-0.39, 0.29) is 29.1 Å². The molecule has 7 heteroatoms. The lowest BCUT2D eigenvalue weighted by Gasteiger charge is -2.05. The minimum absolute atomic E-state index is 0. The van der Waals surface area contributed by atoms with E-state index in [4.69, 9.17) is 5.84 Å². The lowest BCUT2D eigenvalue weighted by molar-refractivity contribution is -0.0328. The second-order valence-corrected chi connectivity index (χ2v) is 3.35. The Morgan fingerprint density at radius 2 is 1.64 bits per heavy atom. The number of hydrogen-bond acceptors (Lipinski definition) is 3. The highest BCUT2D eigenvalue weighted by Gasteiger charge is 2.28. The van der Waals surface area contributed by atoms with Crippen molar-refractivity contribution in [1.82, 2.24) is 0 Å². The summed E-state index contributed by atoms with van der Waals surface area (Å²) in [6, 6.07) is 5.67. The largest absolute Gasteiger partial charge is 0.446 e. The molecular formula is C7H8ClF3N2S. The van der Waals surface area contributed by atoms with Crippen molar-refractivity contribution >= 4 is 29.9 Å². The monoisotopic (exact) mass is 244 g/mol. The third kappa shape index (κ3) is 4.59. The van der Waals surface area contributed by atoms with Gasteiger partial charge in [-0.2, -0.15) is 13.2 Å². The van der Waals surface area contributed by atoms with Gasteiger partial charge in [0.2, 0.25) is 0 Å². The highest BCUT2D eigenvalue weighted by molar-refractivity contribution is 8.00. The normalized spacial score (nSPS) is 10.6. The molecule has 1 aromatic rings. The van der Waals surface area contributed by atoms with Crippen molar-refractivity contribution in [3.8, 4) is 0 Å². The molecule has 0 spiro atoms. The van der Waals surface area contributed by atoms with Crippen LogP contribution in [0.4, 0.5) is 18.9 Å². The van der Waals surface area contributed by atoms with E-state index in [1.54, 1.807) is 0 Å². The number of halogens is 4. The van der Waals surface area contributed by atoms with Crippen LogP contribution in [0.2, 0.25) is 0 Å². The van der Waals surface area contributed by atoms with Gasteiger partial charge in [-0.3, -0.25) is 5.84 Å². The summed E-state index contributed by atoms with van der Waals surface area (Å²) in [5.41, 5.74) is -1.34. The molecule has 0 fully saturated rings. The Bertz CT molecular complexity index is 275. The molecule has 2 nitrogen and oxygen atoms in total. The number of hydrazine groups is 1. The second-order valence-electron chi connectivity index (χ2n) is 2.22. The first-order valence-corrected chi connectivity index (χ1v) is 4.15. The van der Waals surface area contributed by atoms with E-state index in [0.29, 0.717) is 5.69 Å². The number of nitrogens with two attached hydrogens (primary N) is 1. The van der Waals surface area contributed by atoms with Crippen LogP contribution in [0.15, 0.2) is 29.2 Å². The second kappa shape index (κ2) is 5.33. The quantitative estimate of drug-likeness (QED) is 0.477. The number of rotatable bonds is 2. The fourth-order valence-electron chi connectivity index (χ4n) is 0.753. The molecule has 0 saturated carbocycles. The minimum Gasteiger partial charge on any atom is -0.324 e. The third-order valence-electron chi connectivity index (χ3n) is 1.25. The van der Waals surface area contributed by atoms with Crippen LogP contribution in [0.5, 0.6) is 0 Å². The number of alkyl halides is 3. The van der Waals surface area contributed by atoms with E-state index in [2.05, 4.69) is 5.43 Å². The van der Waals surface area contributed by atoms with Gasteiger partial charge in [0.1, 0.15) is 0 Å². The summed E-state index contributed by atoms with van der Waals surface area (Å²) in [6.45, 7) is 0. The summed E-state index contributed by atoms with van der Waals surface area (Å²) in [4.78, 5) is 0.145. The van der Waals surface area contributed by atoms with Gasteiger partial charge >= 0.3 is 5.51 Å². The summed E-state index contributed by atoms with van der Waals surface area (Å²) in [7, 11) is 0. The number of nitrogen functional groups attached to an aromatic ring is 1. The van der Waals surface area contributed by atoms with Crippen LogP contribution in [0.3, 0.4) is 0 Å². The van der Waals surface area contributed by atoms with E-state index in [9.17, 15) is 13.2 Å². The molecule has 0 amide bonds. The standard InChI is InChI=1S/C7H7F3N2S.ClH/c8-7(9,10)13-6-3-1-5(12-11)2-4-6;/h1-4,12H,11H2;1H. The molecule has 14 heavy (non-hydrogen) atoms. The molecule has 0 aliphatic heterocycles. The van der Waals surface area contributed by atoms with Crippen molar-refractivity contribution in [1.29, 1.82) is 0 Å². The van der Waals surface area contributed by atoms with Crippen LogP contribution in [-0.2, 0) is 0 Å². The first kappa shape index (κ1) is 13.4. The summed E-state index contributed by atoms with van der Waals surface area (Å²) in [5.74, 6) is 5.05. The van der Waals surface area contributed by atoms with Gasteiger partial charge in [-0.15, -0.1) is 12.4 Å². The highest BCUT2D eigenvalue weighted by atomic mass is 35.5. The molecule has 0 unspecified atom stereocenters. The van der Waals surface area contributed by atoms with Gasteiger partial charge in [0.15, 0.2) is 0 Å². The maximum atomic E-state index is 11.8. The van der Waals surface area contributed by atoms with Crippen LogP contribution in [0, 0.1) is 0 Å². The summed E-state index contributed by atoms with van der Waals surface area (Å²) >= 11 is -0.149. The van der Waals surface area contributed by atoms with Crippen molar-refractivity contribution in [2.24, 2.45) is 5.84 Å². The number of anilines is 1. The molecule has 3 N–H and O–H groups in total. The maximum absolute atomic E-state index is 11.8. The van der Waals surface area contributed by atoms with Crippen LogP contribution in [0.25, 0.3) is 0 Å². The Kier molecular flexibility index (Phi) is 5.11. The summed E-state index contributed by atoms with van der Waals surface area (Å²) in [6.07, 6.45) is 0. The van der Waals surface area contributed by atoms with E-state index < -0.39 is 5.51 Å². The maximum Gasteiger partial charge on any atom is 0.446 e. The smallest absolute Gasteiger partial charge is 0.324 e. The van der Waals surface area contributed by atoms with E-state index >= 15 is 0 Å². The van der Waals surface area contributed by atoms with Crippen molar-refractivity contribution in [2.75, 3.05) is 5.43 Å². The number of hydrogen-bond donors (Lipinski definition) is 2. The van der Waals surface area contributed by atoms with Gasteiger partial charge < -0.3 is 5.43 Å². The average molecular weight is 245 g/mol. The fourth-order valence-corrected chi connectivity index (χ4v) is 1.29. The molecule has 80 valence electrons. The van der Waals surface area contributed by atoms with Crippen LogP contribution in [-0.4, -0.2) is 5.51 Å². The molecule has 0 bridgehead atoms. The van der Waals surface area contributed by atoms with E-state index in [1.165, 1.54) is 24.3 Å². The molecule has 0 radical (unpaired) electrons. The Labute approximate surface area is 89.4 Å². The molecule has 0 atom stereocenters. The van der Waals surface area contributed by atoms with Gasteiger partial charge in [0.05, 0.1) is 0 Å². The fraction of sp³-hybridized carbons (Fsp3) is 0.143. The van der Waals surface area contributed by atoms with Crippen LogP contribution < -0.4 is 11.3 Å². The predicted octanol–water partition coefficient (Wildman–Crippen LogP) is 3.01. The summed E-state index contributed by atoms with van der Waals surface area (Å²) in [5, 5.41) is 0. The predicted molar refractivity (Wildman–Crippen MR) is 53.4 cm³/mol. The van der Waals surface area contributed by atoms with Gasteiger partial charge in [-0.25, -0.2) is 0 Å². The molecule has 0 aromatic heterocycles. The zero-order valence-corrected chi connectivity index (χ0v) is 8.47. The molecule has 1 aromatic carbocycles. The zero-order valence-electron chi connectivity index (χ0n) is 6.84. The Morgan fingerprint density at radius 3 is 2.00 bits per heavy atom. The first-order valence-electron chi connectivity index (χ1n) is 3.34. The first-order chi connectivity index (χ1) is 6.01. The molecule has 1 rings (SSSR count). The lowest BCUT2D eigenvalue weighted by Crippen LogP contribution is -2.06. The van der Waals surface area contributed by atoms with Crippen molar-refractivity contribution < 1.29 is 13.2 Å². The molecular weight excluding hydrogens is 237 g/mol. The van der Waals surface area contributed by atoms with Crippen molar-refractivity contribution in [2.45, 2.75) is 10.4 Å². The Hall–Kier alpha value is -0.590. The third-order valence-corrected chi connectivity index (χ3v) is 1.99. The summed E-state index contributed by atoms with van der Waals surface area (Å²) < 4.78 is 35.5. The Balaban J connectivity index is 0.00000169. The number of benzene rings is 1. The average Bonchev–Trinajstić information content (AvgIpc) is 2.03. The molecule has 0 aliphatic carbocycles. The van der Waals surface area contributed by atoms with Gasteiger partial charge in [0.25, 0.3) is 0 Å². The van der Waals surface area contributed by atoms with Crippen molar-refractivity contribution in [3.63, 3.8) is 0 Å².